The standard InChI is InChI=1S/C20H37NO4/c1-19(2,3)20(4,5)18(23)25-15-7-14-24-17(22)9-6-8-16-10-12-21-13-11-16/h16,21H,6-15H2,1-5H3. The fourth-order valence-electron chi connectivity index (χ4n) is 2.67. The molecule has 0 aromatic carbocycles. The van der Waals surface area contributed by atoms with E-state index in [1.807, 2.05) is 34.6 Å². The van der Waals surface area contributed by atoms with E-state index in [4.69, 9.17) is 9.47 Å². The molecule has 1 fully saturated rings. The van der Waals surface area contributed by atoms with Crippen molar-refractivity contribution in [1.82, 2.24) is 5.32 Å². The number of ether oxygens (including phenoxy) is 2. The van der Waals surface area contributed by atoms with Gasteiger partial charge in [-0.1, -0.05) is 20.8 Å². The highest BCUT2D eigenvalue weighted by atomic mass is 16.5. The Labute approximate surface area is 153 Å². The van der Waals surface area contributed by atoms with Gasteiger partial charge in [-0.2, -0.15) is 0 Å². The van der Waals surface area contributed by atoms with Crippen LogP contribution in [0.5, 0.6) is 0 Å². The minimum atomic E-state index is -0.543. The normalized spacial score (nSPS) is 16.5. The van der Waals surface area contributed by atoms with Crippen molar-refractivity contribution in [3.8, 4) is 0 Å². The van der Waals surface area contributed by atoms with Crippen LogP contribution in [0.2, 0.25) is 0 Å². The first-order chi connectivity index (χ1) is 11.6. The molecule has 0 atom stereocenters. The number of esters is 2. The van der Waals surface area contributed by atoms with E-state index < -0.39 is 5.41 Å². The van der Waals surface area contributed by atoms with E-state index in [9.17, 15) is 9.59 Å². The number of rotatable bonds is 9. The van der Waals surface area contributed by atoms with Crippen molar-refractivity contribution < 1.29 is 19.1 Å². The van der Waals surface area contributed by atoms with Crippen LogP contribution in [0.3, 0.4) is 0 Å². The highest BCUT2D eigenvalue weighted by Gasteiger charge is 2.41. The average molecular weight is 356 g/mol. The summed E-state index contributed by atoms with van der Waals surface area (Å²) in [6, 6.07) is 0. The lowest BCUT2D eigenvalue weighted by atomic mass is 9.69. The molecule has 0 spiro atoms. The quantitative estimate of drug-likeness (QED) is 0.504. The van der Waals surface area contributed by atoms with Gasteiger partial charge in [0.1, 0.15) is 0 Å². The van der Waals surface area contributed by atoms with E-state index in [2.05, 4.69) is 5.32 Å². The largest absolute Gasteiger partial charge is 0.466 e. The maximum absolute atomic E-state index is 12.2. The van der Waals surface area contributed by atoms with Gasteiger partial charge in [0.05, 0.1) is 18.6 Å². The Morgan fingerprint density at radius 3 is 2.16 bits per heavy atom. The van der Waals surface area contributed by atoms with Crippen molar-refractivity contribution in [2.45, 2.75) is 73.1 Å². The van der Waals surface area contributed by atoms with E-state index in [0.29, 0.717) is 26.1 Å². The molecule has 0 aliphatic carbocycles. The zero-order valence-electron chi connectivity index (χ0n) is 16.8. The predicted molar refractivity (Wildman–Crippen MR) is 99.2 cm³/mol. The molecule has 146 valence electrons. The van der Waals surface area contributed by atoms with Crippen molar-refractivity contribution in [3.63, 3.8) is 0 Å². The summed E-state index contributed by atoms with van der Waals surface area (Å²) in [7, 11) is 0. The monoisotopic (exact) mass is 355 g/mol. The zero-order chi connectivity index (χ0) is 18.9. The summed E-state index contributed by atoms with van der Waals surface area (Å²) in [5.41, 5.74) is -0.705. The van der Waals surface area contributed by atoms with E-state index in [0.717, 1.165) is 31.8 Å². The van der Waals surface area contributed by atoms with E-state index in [1.54, 1.807) is 0 Å². The van der Waals surface area contributed by atoms with E-state index >= 15 is 0 Å². The van der Waals surface area contributed by atoms with Crippen molar-refractivity contribution in [3.05, 3.63) is 0 Å². The Morgan fingerprint density at radius 2 is 1.56 bits per heavy atom. The summed E-state index contributed by atoms with van der Waals surface area (Å²) >= 11 is 0. The molecule has 0 aromatic heterocycles. The van der Waals surface area contributed by atoms with Gasteiger partial charge in [-0.25, -0.2) is 0 Å². The molecule has 1 aliphatic heterocycles. The Balaban J connectivity index is 2.06. The van der Waals surface area contributed by atoms with Crippen molar-refractivity contribution in [2.75, 3.05) is 26.3 Å². The molecule has 0 amide bonds. The van der Waals surface area contributed by atoms with Gasteiger partial charge >= 0.3 is 11.9 Å². The summed E-state index contributed by atoms with van der Waals surface area (Å²) < 4.78 is 10.6. The maximum atomic E-state index is 12.2. The minimum Gasteiger partial charge on any atom is -0.466 e. The first kappa shape index (κ1) is 21.9. The third kappa shape index (κ3) is 7.76. The number of nitrogens with one attached hydrogen (secondary N) is 1. The molecule has 1 saturated heterocycles. The fraction of sp³-hybridized carbons (Fsp3) is 0.900. The van der Waals surface area contributed by atoms with Crippen LogP contribution in [0.25, 0.3) is 0 Å². The molecule has 5 nitrogen and oxygen atoms in total. The van der Waals surface area contributed by atoms with Gasteiger partial charge in [0, 0.05) is 12.8 Å². The number of piperidine rings is 1. The molecule has 0 radical (unpaired) electrons. The first-order valence-corrected chi connectivity index (χ1v) is 9.68. The molecule has 1 heterocycles. The molecule has 25 heavy (non-hydrogen) atoms. The van der Waals surface area contributed by atoms with Crippen LogP contribution >= 0.6 is 0 Å². The number of carbonyl (C=O) groups is 2. The van der Waals surface area contributed by atoms with Gasteiger partial charge in [0.2, 0.25) is 0 Å². The highest BCUT2D eigenvalue weighted by molar-refractivity contribution is 5.76. The Kier molecular flexibility index (Phi) is 8.91. The van der Waals surface area contributed by atoms with Crippen LogP contribution in [-0.2, 0) is 19.1 Å². The van der Waals surface area contributed by atoms with Crippen LogP contribution in [0.4, 0.5) is 0 Å². The third-order valence-electron chi connectivity index (χ3n) is 5.62. The third-order valence-corrected chi connectivity index (χ3v) is 5.62. The second kappa shape index (κ2) is 10.1. The lowest BCUT2D eigenvalue weighted by molar-refractivity contribution is -0.160. The molecule has 0 aromatic rings. The smallest absolute Gasteiger partial charge is 0.312 e. The molecule has 1 rings (SSSR count). The Bertz CT molecular complexity index is 420. The molecular formula is C20H37NO4. The van der Waals surface area contributed by atoms with Gasteiger partial charge in [0.15, 0.2) is 0 Å². The summed E-state index contributed by atoms with van der Waals surface area (Å²) in [4.78, 5) is 23.9. The van der Waals surface area contributed by atoms with Crippen molar-refractivity contribution >= 4 is 11.9 Å². The SMILES string of the molecule is CC(C)(C)C(C)(C)C(=O)OCCCOC(=O)CCCC1CCNCC1. The van der Waals surface area contributed by atoms with E-state index in [-0.39, 0.29) is 17.4 Å². The second-order valence-corrected chi connectivity index (χ2v) is 8.67. The van der Waals surface area contributed by atoms with Crippen LogP contribution < -0.4 is 5.32 Å². The first-order valence-electron chi connectivity index (χ1n) is 9.68. The molecular weight excluding hydrogens is 318 g/mol. The minimum absolute atomic E-state index is 0.143. The topological polar surface area (TPSA) is 64.6 Å². The molecule has 0 unspecified atom stereocenters. The Hall–Kier alpha value is -1.10. The summed E-state index contributed by atoms with van der Waals surface area (Å²) in [6.07, 6.45) is 5.47. The molecule has 5 heteroatoms. The average Bonchev–Trinajstić information content (AvgIpc) is 2.54. The lowest BCUT2D eigenvalue weighted by Crippen LogP contribution is -2.39. The van der Waals surface area contributed by atoms with Gasteiger partial charge in [-0.15, -0.1) is 0 Å². The van der Waals surface area contributed by atoms with Gasteiger partial charge < -0.3 is 14.8 Å². The summed E-state index contributed by atoms with van der Waals surface area (Å²) in [5.74, 6) is 0.406. The maximum Gasteiger partial charge on any atom is 0.312 e. The summed E-state index contributed by atoms with van der Waals surface area (Å²) in [6.45, 7) is 12.7. The molecule has 1 aliphatic rings. The van der Waals surface area contributed by atoms with Gasteiger partial charge in [-0.3, -0.25) is 9.59 Å². The fourth-order valence-corrected chi connectivity index (χ4v) is 2.67. The lowest BCUT2D eigenvalue weighted by Gasteiger charge is -2.36. The highest BCUT2D eigenvalue weighted by Crippen LogP contribution is 2.38. The second-order valence-electron chi connectivity index (χ2n) is 8.67. The van der Waals surface area contributed by atoms with Crippen molar-refractivity contribution in [1.29, 1.82) is 0 Å². The van der Waals surface area contributed by atoms with Crippen LogP contribution in [0.15, 0.2) is 0 Å². The molecule has 1 N–H and O–H groups in total. The number of hydrogen-bond donors (Lipinski definition) is 1. The number of carbonyl (C=O) groups excluding carboxylic acids is 2. The van der Waals surface area contributed by atoms with Crippen LogP contribution in [0, 0.1) is 16.7 Å². The predicted octanol–water partition coefficient (Wildman–Crippen LogP) is 3.71. The Morgan fingerprint density at radius 1 is 0.960 bits per heavy atom. The summed E-state index contributed by atoms with van der Waals surface area (Å²) in [5, 5.41) is 3.35. The van der Waals surface area contributed by atoms with Crippen molar-refractivity contribution in [2.24, 2.45) is 16.7 Å². The molecule has 0 bridgehead atoms. The molecule has 0 saturated carbocycles. The van der Waals surface area contributed by atoms with Crippen LogP contribution in [-0.4, -0.2) is 38.2 Å². The van der Waals surface area contributed by atoms with Gasteiger partial charge in [-0.05, 0) is 64.0 Å². The van der Waals surface area contributed by atoms with Gasteiger partial charge in [0.25, 0.3) is 0 Å². The zero-order valence-corrected chi connectivity index (χ0v) is 16.8. The number of hydrogen-bond acceptors (Lipinski definition) is 5. The van der Waals surface area contributed by atoms with Crippen LogP contribution in [0.1, 0.15) is 73.1 Å². The van der Waals surface area contributed by atoms with E-state index in [1.165, 1.54) is 12.8 Å².